The molecule has 0 saturated carbocycles. The van der Waals surface area contributed by atoms with Gasteiger partial charge in [0.05, 0.1) is 22.1 Å². The van der Waals surface area contributed by atoms with Gasteiger partial charge < -0.3 is 9.13 Å². The minimum absolute atomic E-state index is 0.0979. The van der Waals surface area contributed by atoms with Gasteiger partial charge in [-0.25, -0.2) is 0 Å². The molecule has 11 aromatic carbocycles. The number of fused-ring (bicyclic) bond motifs is 13. The molecule has 4 aliphatic rings. The molecule has 0 unspecified atom stereocenters. The van der Waals surface area contributed by atoms with Gasteiger partial charge in [0.1, 0.15) is 0 Å². The molecule has 13 aromatic rings. The summed E-state index contributed by atoms with van der Waals surface area (Å²) in [7, 11) is 0. The third-order valence-electron chi connectivity index (χ3n) is 19.4. The zero-order valence-electron chi connectivity index (χ0n) is 44.8. The number of hydrogen-bond donors (Lipinski definition) is 0. The van der Waals surface area contributed by atoms with Crippen LogP contribution in [0.4, 0.5) is 0 Å². The molecule has 5 heterocycles. The highest BCUT2D eigenvalue weighted by Crippen LogP contribution is 2.62. The summed E-state index contributed by atoms with van der Waals surface area (Å²) in [6.07, 6.45) is 0. The Labute approximate surface area is 456 Å². The number of hydrogen-bond acceptors (Lipinski definition) is 0. The molecule has 0 fully saturated rings. The molecule has 0 atom stereocenters. The van der Waals surface area contributed by atoms with Crippen LogP contribution in [0.3, 0.4) is 0 Å². The van der Waals surface area contributed by atoms with Crippen LogP contribution >= 0.6 is 0 Å². The number of aryl methyl sites for hydroxylation is 2. The Morgan fingerprint density at radius 3 is 1.58 bits per heavy atom. The van der Waals surface area contributed by atoms with Crippen molar-refractivity contribution in [3.05, 3.63) is 280 Å². The van der Waals surface area contributed by atoms with Crippen molar-refractivity contribution in [3.8, 4) is 44.9 Å². The molecular weight excluding hydrogens is 940 g/mol. The van der Waals surface area contributed by atoms with E-state index in [1.807, 2.05) is 0 Å². The maximum absolute atomic E-state index is 2.79. The normalized spacial score (nSPS) is 14.1. The first-order chi connectivity index (χ1) is 38.0. The van der Waals surface area contributed by atoms with Crippen LogP contribution in [-0.4, -0.2) is 15.8 Å². The zero-order chi connectivity index (χ0) is 52.1. The highest BCUT2D eigenvalue weighted by atomic mass is 15.1. The lowest BCUT2D eigenvalue weighted by molar-refractivity contribution is 0.637. The molecule has 0 bridgehead atoms. The third-order valence-corrected chi connectivity index (χ3v) is 19.4. The van der Waals surface area contributed by atoms with E-state index in [4.69, 9.17) is 0 Å². The van der Waals surface area contributed by atoms with Crippen LogP contribution in [0, 0.1) is 13.8 Å². The second kappa shape index (κ2) is 15.2. The van der Waals surface area contributed by atoms with Gasteiger partial charge in [-0.15, -0.1) is 0 Å². The number of benzene rings is 11. The average molecular weight is 995 g/mol. The fourth-order valence-electron chi connectivity index (χ4n) is 15.5. The first-order valence-electron chi connectivity index (χ1n) is 28.0. The molecule has 78 heavy (non-hydrogen) atoms. The average Bonchev–Trinajstić information content (AvgIpc) is 4.23. The van der Waals surface area contributed by atoms with Crippen molar-refractivity contribution in [3.63, 3.8) is 0 Å². The van der Waals surface area contributed by atoms with E-state index in [2.05, 4.69) is 275 Å². The third kappa shape index (κ3) is 5.39. The zero-order valence-corrected chi connectivity index (χ0v) is 44.8. The maximum Gasteiger partial charge on any atom is 0.253 e. The summed E-state index contributed by atoms with van der Waals surface area (Å²) in [6, 6.07) is 87.1. The molecule has 3 heteroatoms. The first kappa shape index (κ1) is 44.2. The fourth-order valence-corrected chi connectivity index (χ4v) is 15.5. The van der Waals surface area contributed by atoms with Crippen LogP contribution in [0.15, 0.2) is 224 Å². The van der Waals surface area contributed by atoms with Crippen LogP contribution in [0.5, 0.6) is 0 Å². The van der Waals surface area contributed by atoms with Crippen LogP contribution < -0.4 is 16.4 Å². The highest BCUT2D eigenvalue weighted by molar-refractivity contribution is 7.01. The molecule has 0 N–H and O–H groups in total. The largest absolute Gasteiger partial charge is 0.310 e. The molecule has 1 spiro atoms. The smallest absolute Gasteiger partial charge is 0.253 e. The predicted molar refractivity (Wildman–Crippen MR) is 328 cm³/mol. The van der Waals surface area contributed by atoms with Gasteiger partial charge in [0, 0.05) is 49.4 Å². The van der Waals surface area contributed by atoms with E-state index in [0.29, 0.717) is 0 Å². The monoisotopic (exact) mass is 994 g/mol. The maximum atomic E-state index is 2.79. The van der Waals surface area contributed by atoms with Crippen LogP contribution in [0.25, 0.3) is 88.4 Å². The van der Waals surface area contributed by atoms with E-state index in [9.17, 15) is 0 Å². The van der Waals surface area contributed by atoms with Gasteiger partial charge in [0.25, 0.3) is 6.71 Å². The van der Waals surface area contributed by atoms with Crippen molar-refractivity contribution >= 4 is 66.6 Å². The predicted octanol–water partition coefficient (Wildman–Crippen LogP) is 16.3. The van der Waals surface area contributed by atoms with Gasteiger partial charge in [-0.3, -0.25) is 0 Å². The number of nitrogens with zero attached hydrogens (tertiary/aromatic N) is 2. The number of aromatic nitrogens is 2. The summed E-state index contributed by atoms with van der Waals surface area (Å²) in [6.45, 7) is 14.0. The minimum atomic E-state index is -0.630. The van der Waals surface area contributed by atoms with E-state index in [-0.39, 0.29) is 17.5 Å². The fraction of sp³-hybridized carbons (Fsp3) is 0.120. The Hall–Kier alpha value is -8.92. The summed E-state index contributed by atoms with van der Waals surface area (Å²) in [5, 5.41) is 6.51. The lowest BCUT2D eigenvalue weighted by atomic mass is 9.33. The molecule has 2 nitrogen and oxygen atoms in total. The Balaban J connectivity index is 1.13. The summed E-state index contributed by atoms with van der Waals surface area (Å²) >= 11 is 0. The summed E-state index contributed by atoms with van der Waals surface area (Å²) in [5.74, 6) is 0. The van der Waals surface area contributed by atoms with Gasteiger partial charge in [-0.1, -0.05) is 239 Å². The highest BCUT2D eigenvalue weighted by Gasteiger charge is 2.55. The van der Waals surface area contributed by atoms with E-state index in [1.54, 1.807) is 0 Å². The van der Waals surface area contributed by atoms with Crippen LogP contribution in [0.2, 0.25) is 0 Å². The van der Waals surface area contributed by atoms with Crippen molar-refractivity contribution in [2.24, 2.45) is 0 Å². The van der Waals surface area contributed by atoms with Gasteiger partial charge in [-0.05, 0) is 132 Å². The quantitative estimate of drug-likeness (QED) is 0.147. The van der Waals surface area contributed by atoms with Gasteiger partial charge >= 0.3 is 0 Å². The van der Waals surface area contributed by atoms with Crippen molar-refractivity contribution in [1.82, 2.24) is 9.13 Å². The van der Waals surface area contributed by atoms with E-state index in [1.165, 1.54) is 160 Å². The molecule has 0 saturated heterocycles. The Bertz CT molecular complexity index is 4730. The molecule has 17 rings (SSSR count). The molecule has 1 aliphatic carbocycles. The molecule has 2 aromatic heterocycles. The second-order valence-corrected chi connectivity index (χ2v) is 24.1. The molecular formula is C75H55BN2. The van der Waals surface area contributed by atoms with Crippen LogP contribution in [-0.2, 0) is 16.2 Å². The van der Waals surface area contributed by atoms with Crippen molar-refractivity contribution in [2.75, 3.05) is 0 Å². The standard InChI is InChI=1S/C75H55BN2/c1-44-29-33-46(34-30-44)65-58-39-48-19-13-14-24-53(48)66-71(58)77(68(65)47-35-31-45(2)32-36-47)64-38-37-61-72-67(64)76(66)63-43-52(74(5,6)50-22-11-8-12-23-50)41-57-56-40-51(73(3,4)49-20-9-7-10-21-49)42-62(69(56)78(72)70(57)63)75(61)59-27-17-15-25-54(59)55-26-16-18-28-60(55)75/h7-43H,1-6H3. The summed E-state index contributed by atoms with van der Waals surface area (Å²) in [5.41, 5.74) is 30.2. The summed E-state index contributed by atoms with van der Waals surface area (Å²) in [4.78, 5) is 0. The van der Waals surface area contributed by atoms with Crippen LogP contribution in [0.1, 0.15) is 83.3 Å². The first-order valence-corrected chi connectivity index (χ1v) is 28.0. The molecule has 0 amide bonds. The van der Waals surface area contributed by atoms with Crippen molar-refractivity contribution < 1.29 is 0 Å². The van der Waals surface area contributed by atoms with Gasteiger partial charge in [0.15, 0.2) is 0 Å². The van der Waals surface area contributed by atoms with Gasteiger partial charge in [0.2, 0.25) is 0 Å². The minimum Gasteiger partial charge on any atom is -0.310 e. The van der Waals surface area contributed by atoms with E-state index in [0.717, 1.165) is 0 Å². The van der Waals surface area contributed by atoms with Crippen molar-refractivity contribution in [2.45, 2.75) is 57.8 Å². The SMILES string of the molecule is Cc1ccc(-c2c(-c3ccc(C)cc3)n3c4c(c5ccccc5cc24)B2c4c-3ccc3c4-n4c5c2cc(C(C)(C)c2ccccc2)cc5c2cc(C(C)(C)c5ccccc5)cc(c24)C32c3ccccc3-c3ccccc32)cc1. The lowest BCUT2D eigenvalue weighted by Crippen LogP contribution is -2.61. The van der Waals surface area contributed by atoms with E-state index < -0.39 is 5.41 Å². The second-order valence-electron chi connectivity index (χ2n) is 24.1. The molecule has 3 aliphatic heterocycles. The Kier molecular flexibility index (Phi) is 8.61. The van der Waals surface area contributed by atoms with Crippen molar-refractivity contribution in [1.29, 1.82) is 0 Å². The summed E-state index contributed by atoms with van der Waals surface area (Å²) < 4.78 is 5.50. The number of rotatable bonds is 6. The lowest BCUT2D eigenvalue weighted by Gasteiger charge is -2.44. The topological polar surface area (TPSA) is 9.86 Å². The Morgan fingerprint density at radius 2 is 0.936 bits per heavy atom. The van der Waals surface area contributed by atoms with Gasteiger partial charge in [-0.2, -0.15) is 0 Å². The molecule has 0 radical (unpaired) electrons. The Morgan fingerprint density at radius 1 is 0.385 bits per heavy atom. The van der Waals surface area contributed by atoms with E-state index >= 15 is 0 Å². The molecule has 368 valence electrons.